The summed E-state index contributed by atoms with van der Waals surface area (Å²) in [5.74, 6) is 3.57. The van der Waals surface area contributed by atoms with Crippen molar-refractivity contribution in [2.45, 2.75) is 39.5 Å². The van der Waals surface area contributed by atoms with Crippen LogP contribution >= 0.6 is 12.2 Å². The van der Waals surface area contributed by atoms with E-state index in [4.69, 9.17) is 18.0 Å². The molecule has 2 aliphatic rings. The fourth-order valence-corrected chi connectivity index (χ4v) is 3.51. The first kappa shape index (κ1) is 13.8. The second-order valence-corrected chi connectivity index (χ2v) is 6.83. The van der Waals surface area contributed by atoms with Crippen LogP contribution in [0.3, 0.4) is 0 Å². The van der Waals surface area contributed by atoms with Gasteiger partial charge in [-0.25, -0.2) is 4.98 Å². The van der Waals surface area contributed by atoms with E-state index in [2.05, 4.69) is 10.3 Å². The van der Waals surface area contributed by atoms with Crippen molar-refractivity contribution in [3.05, 3.63) is 22.9 Å². The molecule has 0 aromatic carbocycles. The standard InChI is InChI=1S/C16H23N3S/c1-9-7-10(2)19-16(14(9)15(17)20)18-8-13(11-3-4-11)12-5-6-12/h7,11-13H,3-6,8H2,1-2H3,(H2,17,20)(H,18,19). The Labute approximate surface area is 126 Å². The Kier molecular flexibility index (Phi) is 3.67. The number of pyridine rings is 1. The van der Waals surface area contributed by atoms with E-state index < -0.39 is 0 Å². The number of nitrogens with two attached hydrogens (primary N) is 1. The van der Waals surface area contributed by atoms with Gasteiger partial charge >= 0.3 is 0 Å². The van der Waals surface area contributed by atoms with Crippen LogP contribution < -0.4 is 11.1 Å². The van der Waals surface area contributed by atoms with Gasteiger partial charge in [0.25, 0.3) is 0 Å². The van der Waals surface area contributed by atoms with E-state index >= 15 is 0 Å². The van der Waals surface area contributed by atoms with Crippen LogP contribution in [0.4, 0.5) is 5.82 Å². The van der Waals surface area contributed by atoms with Crippen LogP contribution in [0.15, 0.2) is 6.07 Å². The smallest absolute Gasteiger partial charge is 0.136 e. The van der Waals surface area contributed by atoms with Crippen LogP contribution in [0.2, 0.25) is 0 Å². The summed E-state index contributed by atoms with van der Waals surface area (Å²) < 4.78 is 0. The summed E-state index contributed by atoms with van der Waals surface area (Å²) in [6, 6.07) is 2.04. The van der Waals surface area contributed by atoms with E-state index in [0.29, 0.717) is 4.99 Å². The van der Waals surface area contributed by atoms with Crippen molar-refractivity contribution >= 4 is 23.0 Å². The number of aromatic nitrogens is 1. The van der Waals surface area contributed by atoms with E-state index in [0.717, 1.165) is 46.9 Å². The fraction of sp³-hybridized carbons (Fsp3) is 0.625. The van der Waals surface area contributed by atoms with E-state index in [1.807, 2.05) is 19.9 Å². The van der Waals surface area contributed by atoms with Crippen molar-refractivity contribution in [1.82, 2.24) is 4.98 Å². The molecule has 3 nitrogen and oxygen atoms in total. The van der Waals surface area contributed by atoms with Crippen LogP contribution in [-0.4, -0.2) is 16.5 Å². The molecule has 0 aliphatic heterocycles. The highest BCUT2D eigenvalue weighted by Gasteiger charge is 2.41. The Morgan fingerprint density at radius 3 is 2.45 bits per heavy atom. The van der Waals surface area contributed by atoms with E-state index in [9.17, 15) is 0 Å². The first-order valence-electron chi connectivity index (χ1n) is 7.58. The molecule has 20 heavy (non-hydrogen) atoms. The molecule has 0 spiro atoms. The summed E-state index contributed by atoms with van der Waals surface area (Å²) in [5.41, 5.74) is 8.91. The van der Waals surface area contributed by atoms with Crippen molar-refractivity contribution in [2.75, 3.05) is 11.9 Å². The second-order valence-electron chi connectivity index (χ2n) is 6.39. The Morgan fingerprint density at radius 1 is 1.35 bits per heavy atom. The van der Waals surface area contributed by atoms with Crippen LogP contribution in [-0.2, 0) is 0 Å². The van der Waals surface area contributed by atoms with Gasteiger partial charge < -0.3 is 11.1 Å². The van der Waals surface area contributed by atoms with Crippen LogP contribution in [0.25, 0.3) is 0 Å². The molecule has 108 valence electrons. The number of thiocarbonyl (C=S) groups is 1. The summed E-state index contributed by atoms with van der Waals surface area (Å²) in [4.78, 5) is 5.04. The van der Waals surface area contributed by atoms with Crippen molar-refractivity contribution in [3.8, 4) is 0 Å². The zero-order valence-electron chi connectivity index (χ0n) is 12.3. The number of rotatable bonds is 6. The molecule has 0 saturated heterocycles. The van der Waals surface area contributed by atoms with Gasteiger partial charge in [-0.05, 0) is 68.9 Å². The van der Waals surface area contributed by atoms with E-state index in [1.54, 1.807) is 0 Å². The number of anilines is 1. The highest BCUT2D eigenvalue weighted by Crippen LogP contribution is 2.49. The summed E-state index contributed by atoms with van der Waals surface area (Å²) in [5, 5.41) is 3.54. The molecular weight excluding hydrogens is 266 g/mol. The molecule has 1 heterocycles. The number of aryl methyl sites for hydroxylation is 2. The molecule has 0 radical (unpaired) electrons. The summed E-state index contributed by atoms with van der Waals surface area (Å²) in [6.07, 6.45) is 5.63. The maximum atomic E-state index is 5.87. The van der Waals surface area contributed by atoms with Crippen molar-refractivity contribution in [2.24, 2.45) is 23.5 Å². The largest absolute Gasteiger partial charge is 0.389 e. The Morgan fingerprint density at radius 2 is 1.95 bits per heavy atom. The summed E-state index contributed by atoms with van der Waals surface area (Å²) in [6.45, 7) is 5.08. The Bertz CT molecular complexity index is 521. The molecule has 0 unspecified atom stereocenters. The SMILES string of the molecule is Cc1cc(C)c(C(N)=S)c(NCC(C2CC2)C2CC2)n1. The van der Waals surface area contributed by atoms with Crippen LogP contribution in [0, 0.1) is 31.6 Å². The number of nitrogens with one attached hydrogen (secondary N) is 1. The third-order valence-electron chi connectivity index (χ3n) is 4.55. The lowest BCUT2D eigenvalue weighted by molar-refractivity contribution is 0.427. The van der Waals surface area contributed by atoms with E-state index in [-0.39, 0.29) is 0 Å². The van der Waals surface area contributed by atoms with Gasteiger partial charge in [0.1, 0.15) is 10.8 Å². The lowest BCUT2D eigenvalue weighted by Gasteiger charge is -2.19. The first-order valence-corrected chi connectivity index (χ1v) is 7.99. The third-order valence-corrected chi connectivity index (χ3v) is 4.76. The molecule has 3 N–H and O–H groups in total. The minimum atomic E-state index is 0.437. The van der Waals surface area contributed by atoms with E-state index in [1.165, 1.54) is 25.7 Å². The zero-order chi connectivity index (χ0) is 14.3. The first-order chi connectivity index (χ1) is 9.56. The maximum absolute atomic E-state index is 5.87. The molecule has 1 aromatic rings. The Hall–Kier alpha value is -1.16. The summed E-state index contributed by atoms with van der Waals surface area (Å²) in [7, 11) is 0. The maximum Gasteiger partial charge on any atom is 0.136 e. The lowest BCUT2D eigenvalue weighted by atomic mass is 9.98. The topological polar surface area (TPSA) is 50.9 Å². The van der Waals surface area contributed by atoms with Gasteiger partial charge in [-0.1, -0.05) is 12.2 Å². The predicted octanol–water partition coefficient (Wildman–Crippen LogP) is 3.18. The van der Waals surface area contributed by atoms with Gasteiger partial charge in [0.2, 0.25) is 0 Å². The minimum absolute atomic E-state index is 0.437. The van der Waals surface area contributed by atoms with Crippen LogP contribution in [0.1, 0.15) is 42.5 Å². The van der Waals surface area contributed by atoms with Crippen molar-refractivity contribution < 1.29 is 0 Å². The highest BCUT2D eigenvalue weighted by molar-refractivity contribution is 7.80. The van der Waals surface area contributed by atoms with Gasteiger partial charge in [0.05, 0.1) is 5.56 Å². The third kappa shape index (κ3) is 2.95. The predicted molar refractivity (Wildman–Crippen MR) is 87.0 cm³/mol. The minimum Gasteiger partial charge on any atom is -0.389 e. The lowest BCUT2D eigenvalue weighted by Crippen LogP contribution is -2.22. The highest BCUT2D eigenvalue weighted by atomic mass is 32.1. The van der Waals surface area contributed by atoms with Gasteiger partial charge in [-0.3, -0.25) is 0 Å². The van der Waals surface area contributed by atoms with Crippen LogP contribution in [0.5, 0.6) is 0 Å². The molecule has 4 heteroatoms. The monoisotopic (exact) mass is 289 g/mol. The van der Waals surface area contributed by atoms with Gasteiger partial charge in [-0.2, -0.15) is 0 Å². The average molecular weight is 289 g/mol. The summed E-state index contributed by atoms with van der Waals surface area (Å²) >= 11 is 5.19. The molecule has 2 fully saturated rings. The quantitative estimate of drug-likeness (QED) is 0.790. The normalized spacial score (nSPS) is 18.4. The number of hydrogen-bond acceptors (Lipinski definition) is 3. The molecule has 3 rings (SSSR count). The molecule has 0 atom stereocenters. The zero-order valence-corrected chi connectivity index (χ0v) is 13.1. The molecular formula is C16H23N3S. The molecule has 2 saturated carbocycles. The van der Waals surface area contributed by atoms with Gasteiger partial charge in [-0.15, -0.1) is 0 Å². The Balaban J connectivity index is 1.77. The molecule has 0 amide bonds. The number of nitrogens with zero attached hydrogens (tertiary/aromatic N) is 1. The second kappa shape index (κ2) is 5.32. The van der Waals surface area contributed by atoms with Crippen molar-refractivity contribution in [3.63, 3.8) is 0 Å². The molecule has 1 aromatic heterocycles. The van der Waals surface area contributed by atoms with Crippen molar-refractivity contribution in [1.29, 1.82) is 0 Å². The van der Waals surface area contributed by atoms with Gasteiger partial charge in [0, 0.05) is 12.2 Å². The average Bonchev–Trinajstić information content (AvgIpc) is 3.23. The number of hydrogen-bond donors (Lipinski definition) is 2. The molecule has 2 aliphatic carbocycles. The molecule has 0 bridgehead atoms. The van der Waals surface area contributed by atoms with Gasteiger partial charge in [0.15, 0.2) is 0 Å². The fourth-order valence-electron chi connectivity index (χ4n) is 3.26.